The topological polar surface area (TPSA) is 67.8 Å². The zero-order chi connectivity index (χ0) is 10.3. The van der Waals surface area contributed by atoms with Gasteiger partial charge in [0.1, 0.15) is 0 Å². The highest BCUT2D eigenvalue weighted by molar-refractivity contribution is 14.1. The molecule has 0 saturated heterocycles. The van der Waals surface area contributed by atoms with Crippen molar-refractivity contribution in [1.82, 2.24) is 0 Å². The summed E-state index contributed by atoms with van der Waals surface area (Å²) in [6.45, 7) is 3.80. The van der Waals surface area contributed by atoms with E-state index in [1.807, 2.05) is 6.07 Å². The number of hydrogen-bond acceptors (Lipinski definition) is 3. The average Bonchev–Trinajstić information content (AvgIpc) is 2.07. The third kappa shape index (κ3) is 1.43. The third-order valence-corrected chi connectivity index (χ3v) is 2.45. The third-order valence-electron chi connectivity index (χ3n) is 1.83. The highest BCUT2D eigenvalue weighted by Gasteiger charge is 2.13. The van der Waals surface area contributed by atoms with Crippen LogP contribution in [0.15, 0.2) is 22.1 Å². The molecular weight excluding hydrogens is 293 g/mol. The molecule has 14 heavy (non-hydrogen) atoms. The Bertz CT molecular complexity index is 562. The van der Waals surface area contributed by atoms with E-state index in [1.165, 1.54) is 0 Å². The van der Waals surface area contributed by atoms with Crippen LogP contribution in [-0.2, 0) is 0 Å². The number of rotatable bonds is 0. The van der Waals surface area contributed by atoms with E-state index in [4.69, 9.17) is 5.73 Å². The lowest BCUT2D eigenvalue weighted by Gasteiger charge is -2.04. The lowest BCUT2D eigenvalue weighted by molar-refractivity contribution is 0.1000. The van der Waals surface area contributed by atoms with Crippen molar-refractivity contribution in [3.05, 3.63) is 31.8 Å². The van der Waals surface area contributed by atoms with Crippen LogP contribution >= 0.6 is 22.6 Å². The summed E-state index contributed by atoms with van der Waals surface area (Å²) in [5.41, 5.74) is 5.85. The van der Waals surface area contributed by atoms with Crippen molar-refractivity contribution in [3.8, 4) is 0 Å². The molecule has 0 aromatic heterocycles. The van der Waals surface area contributed by atoms with Gasteiger partial charge < -0.3 is 5.73 Å². The number of fused-ring (bicyclic) bond motifs is 1. The second-order valence-electron chi connectivity index (χ2n) is 2.85. The van der Waals surface area contributed by atoms with Crippen LogP contribution in [0.3, 0.4) is 0 Å². The van der Waals surface area contributed by atoms with E-state index in [0.29, 0.717) is 16.1 Å². The zero-order valence-electron chi connectivity index (χ0n) is 7.12. The fourth-order valence-electron chi connectivity index (χ4n) is 1.25. The van der Waals surface area contributed by atoms with Crippen molar-refractivity contribution in [2.45, 2.75) is 0 Å². The maximum Gasteiger partial charge on any atom is 0.282 e. The molecule has 70 valence electrons. The van der Waals surface area contributed by atoms with Crippen LogP contribution in [0.4, 0.5) is 0 Å². The summed E-state index contributed by atoms with van der Waals surface area (Å²) in [5.74, 6) is -0.357. The molecule has 1 aromatic carbocycles. The molecule has 0 spiro atoms. The SMILES string of the molecule is C=c1cc(I)cc2c1=NC(N)=NC2=O. The zero-order valence-corrected chi connectivity index (χ0v) is 9.28. The largest absolute Gasteiger partial charge is 0.368 e. The molecule has 1 amide bonds. The van der Waals surface area contributed by atoms with Gasteiger partial charge in [-0.2, -0.15) is 4.99 Å². The van der Waals surface area contributed by atoms with E-state index in [0.717, 1.165) is 3.57 Å². The monoisotopic (exact) mass is 299 g/mol. The fraction of sp³-hybridized carbons (Fsp3) is 0. The summed E-state index contributed by atoms with van der Waals surface area (Å²) in [5, 5.41) is 1.22. The minimum atomic E-state index is -0.351. The predicted molar refractivity (Wildman–Crippen MR) is 61.4 cm³/mol. The van der Waals surface area contributed by atoms with Crippen molar-refractivity contribution in [2.75, 3.05) is 0 Å². The van der Waals surface area contributed by atoms with Crippen LogP contribution in [0.2, 0.25) is 0 Å². The normalized spacial score (nSPS) is 14.4. The van der Waals surface area contributed by atoms with Crippen LogP contribution in [0.1, 0.15) is 10.4 Å². The number of hydrogen-bond donors (Lipinski definition) is 1. The summed E-state index contributed by atoms with van der Waals surface area (Å²) in [7, 11) is 0. The van der Waals surface area contributed by atoms with Crippen molar-refractivity contribution in [3.63, 3.8) is 0 Å². The van der Waals surface area contributed by atoms with Gasteiger partial charge in [-0.15, -0.1) is 0 Å². The Labute approximate surface area is 93.4 Å². The standard InChI is InChI=1S/C9H6IN3O/c1-4-2-5(10)3-6-7(4)12-9(11)13-8(6)14/h2-3H,1H2,(H2,11,13,14). The molecule has 5 heteroatoms. The molecule has 2 rings (SSSR count). The Hall–Kier alpha value is -1.24. The summed E-state index contributed by atoms with van der Waals surface area (Å²) in [6.07, 6.45) is 0. The first-order valence-corrected chi connectivity index (χ1v) is 4.91. The molecule has 0 bridgehead atoms. The first-order chi connectivity index (χ1) is 6.58. The molecule has 4 nitrogen and oxygen atoms in total. The van der Waals surface area contributed by atoms with Gasteiger partial charge in [0.15, 0.2) is 0 Å². The van der Waals surface area contributed by atoms with E-state index in [9.17, 15) is 4.79 Å². The number of halogens is 1. The molecule has 0 fully saturated rings. The molecule has 2 N–H and O–H groups in total. The molecule has 0 aliphatic carbocycles. The summed E-state index contributed by atoms with van der Waals surface area (Å²) in [6, 6.07) is 3.57. The van der Waals surface area contributed by atoms with Gasteiger partial charge >= 0.3 is 0 Å². The van der Waals surface area contributed by atoms with Crippen molar-refractivity contribution in [2.24, 2.45) is 15.7 Å². The summed E-state index contributed by atoms with van der Waals surface area (Å²) >= 11 is 2.11. The van der Waals surface area contributed by atoms with E-state index < -0.39 is 0 Å². The quantitative estimate of drug-likeness (QED) is 0.674. The maximum absolute atomic E-state index is 11.4. The molecule has 0 saturated carbocycles. The highest BCUT2D eigenvalue weighted by Crippen LogP contribution is 2.04. The average molecular weight is 299 g/mol. The molecule has 1 aliphatic heterocycles. The smallest absolute Gasteiger partial charge is 0.282 e. The number of amides is 1. The molecule has 0 unspecified atom stereocenters. The van der Waals surface area contributed by atoms with Crippen LogP contribution < -0.4 is 16.3 Å². The minimum Gasteiger partial charge on any atom is -0.368 e. The van der Waals surface area contributed by atoms with Crippen LogP contribution in [0.25, 0.3) is 6.58 Å². The molecule has 0 atom stereocenters. The van der Waals surface area contributed by atoms with E-state index in [2.05, 4.69) is 39.2 Å². The van der Waals surface area contributed by atoms with Gasteiger partial charge in [0.05, 0.1) is 10.9 Å². The Morgan fingerprint density at radius 3 is 2.79 bits per heavy atom. The fourth-order valence-corrected chi connectivity index (χ4v) is 1.94. The van der Waals surface area contributed by atoms with Gasteiger partial charge in [0, 0.05) is 3.57 Å². The first kappa shape index (κ1) is 9.32. The second-order valence-corrected chi connectivity index (χ2v) is 4.09. The number of benzene rings is 1. The number of carbonyl (C=O) groups excluding carboxylic acids is 1. The Kier molecular flexibility index (Phi) is 2.10. The summed E-state index contributed by atoms with van der Waals surface area (Å²) in [4.78, 5) is 19.0. The number of carbonyl (C=O) groups is 1. The van der Waals surface area contributed by atoms with Gasteiger partial charge in [-0.05, 0) is 39.9 Å². The van der Waals surface area contributed by atoms with Crippen LogP contribution in [0.5, 0.6) is 0 Å². The Morgan fingerprint density at radius 1 is 1.36 bits per heavy atom. The van der Waals surface area contributed by atoms with E-state index >= 15 is 0 Å². The van der Waals surface area contributed by atoms with Crippen LogP contribution in [0, 0.1) is 3.57 Å². The van der Waals surface area contributed by atoms with Gasteiger partial charge in [0.25, 0.3) is 5.91 Å². The molecule has 1 aliphatic rings. The number of aliphatic imine (C=N–C) groups is 1. The lowest BCUT2D eigenvalue weighted by atomic mass is 10.1. The molecule has 1 aromatic rings. The highest BCUT2D eigenvalue weighted by atomic mass is 127. The minimum absolute atomic E-state index is 0.00592. The molecule has 0 radical (unpaired) electrons. The number of nitrogens with two attached hydrogens (primary N) is 1. The van der Waals surface area contributed by atoms with Crippen molar-refractivity contribution in [1.29, 1.82) is 0 Å². The van der Waals surface area contributed by atoms with Gasteiger partial charge in [0.2, 0.25) is 5.96 Å². The number of nitrogens with zero attached hydrogens (tertiary/aromatic N) is 2. The van der Waals surface area contributed by atoms with Crippen LogP contribution in [-0.4, -0.2) is 11.9 Å². The predicted octanol–water partition coefficient (Wildman–Crippen LogP) is -0.210. The lowest BCUT2D eigenvalue weighted by Crippen LogP contribution is -2.36. The number of guanidine groups is 1. The van der Waals surface area contributed by atoms with E-state index in [-0.39, 0.29) is 11.9 Å². The van der Waals surface area contributed by atoms with Gasteiger partial charge in [-0.25, -0.2) is 4.99 Å². The maximum atomic E-state index is 11.4. The molecular formula is C9H6IN3O. The van der Waals surface area contributed by atoms with Crippen molar-refractivity contribution >= 4 is 41.0 Å². The van der Waals surface area contributed by atoms with Gasteiger partial charge in [-0.1, -0.05) is 6.58 Å². The van der Waals surface area contributed by atoms with Gasteiger partial charge in [-0.3, -0.25) is 4.79 Å². The molecule has 1 heterocycles. The Morgan fingerprint density at radius 2 is 2.07 bits per heavy atom. The second kappa shape index (κ2) is 3.16. The summed E-state index contributed by atoms with van der Waals surface area (Å²) < 4.78 is 0.936. The van der Waals surface area contributed by atoms with Crippen molar-refractivity contribution < 1.29 is 4.79 Å². The first-order valence-electron chi connectivity index (χ1n) is 3.83. The van der Waals surface area contributed by atoms with E-state index in [1.54, 1.807) is 6.07 Å². The Balaban J connectivity index is 2.91.